The molecule has 130 valence electrons. The molecule has 6 nitrogen and oxygen atoms in total. The molecule has 0 fully saturated rings. The van der Waals surface area contributed by atoms with Crippen molar-refractivity contribution in [1.29, 1.82) is 0 Å². The minimum absolute atomic E-state index is 0.0959. The first-order valence-electron chi connectivity index (χ1n) is 8.02. The number of hydrogen-bond acceptors (Lipinski definition) is 5. The van der Waals surface area contributed by atoms with E-state index >= 15 is 0 Å². The fourth-order valence-corrected chi connectivity index (χ4v) is 2.50. The first-order chi connectivity index (χ1) is 12.2. The first kappa shape index (κ1) is 16.8. The van der Waals surface area contributed by atoms with E-state index in [1.807, 2.05) is 49.4 Å². The maximum atomic E-state index is 12.0. The van der Waals surface area contributed by atoms with Crippen LogP contribution in [0.3, 0.4) is 0 Å². The van der Waals surface area contributed by atoms with Crippen molar-refractivity contribution in [3.63, 3.8) is 0 Å². The van der Waals surface area contributed by atoms with Crippen molar-refractivity contribution in [1.82, 2.24) is 5.43 Å². The third kappa shape index (κ3) is 4.09. The van der Waals surface area contributed by atoms with Crippen molar-refractivity contribution in [3.8, 4) is 17.2 Å². The van der Waals surface area contributed by atoms with Crippen LogP contribution in [-0.4, -0.2) is 31.9 Å². The van der Waals surface area contributed by atoms with E-state index in [2.05, 4.69) is 10.5 Å². The SMILES string of the molecule is COc1cccc2c1OCC/C2=N/NC(=O)COc1ccc(C)cc1. The molecule has 1 aliphatic rings. The van der Waals surface area contributed by atoms with E-state index in [4.69, 9.17) is 14.2 Å². The van der Waals surface area contributed by atoms with Gasteiger partial charge in [-0.25, -0.2) is 5.43 Å². The second-order valence-corrected chi connectivity index (χ2v) is 5.63. The molecule has 1 aliphatic heterocycles. The van der Waals surface area contributed by atoms with Gasteiger partial charge in [0.1, 0.15) is 5.75 Å². The van der Waals surface area contributed by atoms with E-state index in [1.54, 1.807) is 7.11 Å². The van der Waals surface area contributed by atoms with Crippen LogP contribution in [0.15, 0.2) is 47.6 Å². The molecule has 2 aromatic carbocycles. The van der Waals surface area contributed by atoms with Gasteiger partial charge in [0.2, 0.25) is 0 Å². The third-order valence-corrected chi connectivity index (χ3v) is 3.80. The highest BCUT2D eigenvalue weighted by Gasteiger charge is 2.20. The number of hydrogen-bond donors (Lipinski definition) is 1. The van der Waals surface area contributed by atoms with Gasteiger partial charge in [-0.1, -0.05) is 23.8 Å². The van der Waals surface area contributed by atoms with E-state index < -0.39 is 0 Å². The molecule has 0 saturated heterocycles. The highest BCUT2D eigenvalue weighted by Crippen LogP contribution is 2.34. The molecule has 6 heteroatoms. The Bertz CT molecular complexity index is 785. The number of aryl methyl sites for hydroxylation is 1. The van der Waals surface area contributed by atoms with Gasteiger partial charge in [-0.15, -0.1) is 0 Å². The van der Waals surface area contributed by atoms with E-state index in [9.17, 15) is 4.79 Å². The molecule has 0 bridgehead atoms. The van der Waals surface area contributed by atoms with Crippen LogP contribution in [0.4, 0.5) is 0 Å². The average Bonchev–Trinajstić information content (AvgIpc) is 2.65. The zero-order valence-corrected chi connectivity index (χ0v) is 14.2. The molecule has 0 aromatic heterocycles. The van der Waals surface area contributed by atoms with Gasteiger partial charge in [-0.05, 0) is 31.2 Å². The van der Waals surface area contributed by atoms with Gasteiger partial charge in [-0.3, -0.25) is 4.79 Å². The van der Waals surface area contributed by atoms with Crippen LogP contribution in [0.1, 0.15) is 17.5 Å². The summed E-state index contributed by atoms with van der Waals surface area (Å²) >= 11 is 0. The number of methoxy groups -OCH3 is 1. The Kier molecular flexibility index (Phi) is 5.18. The average molecular weight is 340 g/mol. The lowest BCUT2D eigenvalue weighted by molar-refractivity contribution is -0.123. The Morgan fingerprint density at radius 1 is 1.24 bits per heavy atom. The topological polar surface area (TPSA) is 69.2 Å². The number of rotatable bonds is 5. The summed E-state index contributed by atoms with van der Waals surface area (Å²) in [5, 5.41) is 4.23. The molecule has 0 spiro atoms. The van der Waals surface area contributed by atoms with Crippen molar-refractivity contribution < 1.29 is 19.0 Å². The van der Waals surface area contributed by atoms with E-state index in [1.165, 1.54) is 0 Å². The standard InChI is InChI=1S/C19H20N2O4/c1-13-6-8-14(9-7-13)25-12-18(22)21-20-16-10-11-24-19-15(16)4-3-5-17(19)23-2/h3-9H,10-12H2,1-2H3,(H,21,22)/b20-16-. The minimum atomic E-state index is -0.316. The molecule has 2 aromatic rings. The number of fused-ring (bicyclic) bond motifs is 1. The molecule has 3 rings (SSSR count). The largest absolute Gasteiger partial charge is 0.493 e. The normalized spacial score (nSPS) is 14.4. The van der Waals surface area contributed by atoms with E-state index in [0.717, 1.165) is 16.8 Å². The van der Waals surface area contributed by atoms with Crippen molar-refractivity contribution in [2.24, 2.45) is 5.10 Å². The number of para-hydroxylation sites is 1. The summed E-state index contributed by atoms with van der Waals surface area (Å²) in [5.74, 6) is 1.64. The molecule has 0 radical (unpaired) electrons. The molecule has 0 atom stereocenters. The Morgan fingerprint density at radius 3 is 2.80 bits per heavy atom. The highest BCUT2D eigenvalue weighted by atomic mass is 16.5. The first-order valence-corrected chi connectivity index (χ1v) is 8.02. The minimum Gasteiger partial charge on any atom is -0.493 e. The molecule has 1 heterocycles. The maximum absolute atomic E-state index is 12.0. The lowest BCUT2D eigenvalue weighted by atomic mass is 10.0. The number of amides is 1. The molecule has 0 aliphatic carbocycles. The van der Waals surface area contributed by atoms with Crippen LogP contribution < -0.4 is 19.6 Å². The fraction of sp³-hybridized carbons (Fsp3) is 0.263. The molecule has 1 N–H and O–H groups in total. The zero-order valence-electron chi connectivity index (χ0n) is 14.2. The van der Waals surface area contributed by atoms with Crippen LogP contribution in [-0.2, 0) is 4.79 Å². The lowest BCUT2D eigenvalue weighted by Gasteiger charge is -2.20. The Labute approximate surface area is 146 Å². The number of hydrazone groups is 1. The predicted molar refractivity (Wildman–Crippen MR) is 94.5 cm³/mol. The summed E-state index contributed by atoms with van der Waals surface area (Å²) in [6, 6.07) is 13.1. The van der Waals surface area contributed by atoms with Crippen LogP contribution in [0.2, 0.25) is 0 Å². The Balaban J connectivity index is 1.63. The van der Waals surface area contributed by atoms with Gasteiger partial charge in [0, 0.05) is 12.0 Å². The van der Waals surface area contributed by atoms with Crippen LogP contribution in [0.25, 0.3) is 0 Å². The van der Waals surface area contributed by atoms with Gasteiger partial charge in [0.15, 0.2) is 18.1 Å². The molecule has 0 saturated carbocycles. The number of benzene rings is 2. The van der Waals surface area contributed by atoms with E-state index in [0.29, 0.717) is 30.3 Å². The summed E-state index contributed by atoms with van der Waals surface area (Å²) in [6.07, 6.45) is 0.610. The van der Waals surface area contributed by atoms with Crippen molar-refractivity contribution >= 4 is 11.6 Å². The Hall–Kier alpha value is -3.02. The second-order valence-electron chi connectivity index (χ2n) is 5.63. The number of ether oxygens (including phenoxy) is 3. The highest BCUT2D eigenvalue weighted by molar-refractivity contribution is 6.04. The summed E-state index contributed by atoms with van der Waals surface area (Å²) in [7, 11) is 1.59. The number of nitrogens with one attached hydrogen (secondary N) is 1. The zero-order chi connectivity index (χ0) is 17.6. The summed E-state index contributed by atoms with van der Waals surface area (Å²) in [4.78, 5) is 12.0. The lowest BCUT2D eigenvalue weighted by Crippen LogP contribution is -2.27. The Morgan fingerprint density at radius 2 is 2.04 bits per heavy atom. The van der Waals surface area contributed by atoms with Crippen LogP contribution in [0, 0.1) is 6.92 Å². The fourth-order valence-electron chi connectivity index (χ4n) is 2.50. The smallest absolute Gasteiger partial charge is 0.277 e. The van der Waals surface area contributed by atoms with Crippen molar-refractivity contribution in [2.75, 3.05) is 20.3 Å². The molecule has 1 amide bonds. The van der Waals surface area contributed by atoms with Gasteiger partial charge >= 0.3 is 0 Å². The molecular weight excluding hydrogens is 320 g/mol. The number of nitrogens with zero attached hydrogens (tertiary/aromatic N) is 1. The molecule has 0 unspecified atom stereocenters. The van der Waals surface area contributed by atoms with Gasteiger partial charge < -0.3 is 14.2 Å². The van der Waals surface area contributed by atoms with Gasteiger partial charge in [0.25, 0.3) is 5.91 Å². The summed E-state index contributed by atoms with van der Waals surface area (Å²) in [5.41, 5.74) is 5.25. The number of carbonyl (C=O) groups excluding carboxylic acids is 1. The quantitative estimate of drug-likeness (QED) is 0.850. The van der Waals surface area contributed by atoms with Gasteiger partial charge in [0.05, 0.1) is 19.4 Å². The predicted octanol–water partition coefficient (Wildman–Crippen LogP) is 2.69. The maximum Gasteiger partial charge on any atom is 0.277 e. The third-order valence-electron chi connectivity index (χ3n) is 3.80. The van der Waals surface area contributed by atoms with E-state index in [-0.39, 0.29) is 12.5 Å². The monoisotopic (exact) mass is 340 g/mol. The summed E-state index contributed by atoms with van der Waals surface area (Å²) in [6.45, 7) is 2.39. The summed E-state index contributed by atoms with van der Waals surface area (Å²) < 4.78 is 16.4. The van der Waals surface area contributed by atoms with Crippen LogP contribution >= 0.6 is 0 Å². The second kappa shape index (κ2) is 7.70. The molecule has 25 heavy (non-hydrogen) atoms. The molecular formula is C19H20N2O4. The number of carbonyl (C=O) groups is 1. The van der Waals surface area contributed by atoms with Crippen molar-refractivity contribution in [3.05, 3.63) is 53.6 Å². The van der Waals surface area contributed by atoms with Crippen molar-refractivity contribution in [2.45, 2.75) is 13.3 Å². The van der Waals surface area contributed by atoms with Gasteiger partial charge in [-0.2, -0.15) is 5.10 Å². The van der Waals surface area contributed by atoms with Crippen LogP contribution in [0.5, 0.6) is 17.2 Å².